The maximum Gasteiger partial charge on any atom is 0.416 e. The molecule has 0 aliphatic heterocycles. The fourth-order valence-corrected chi connectivity index (χ4v) is 4.16. The van der Waals surface area contributed by atoms with Crippen molar-refractivity contribution in [1.29, 1.82) is 0 Å². The zero-order valence-corrected chi connectivity index (χ0v) is 16.1. The fraction of sp³-hybridized carbons (Fsp3) is 0.333. The standard InChI is InChI=1S/C21H17F6NO3/c1-28-16(29)10-18(17(30)31)11-19(18,12-4-2-6-14(8-12)20(22,23)24)13-5-3-7-15(9-13)21(25,26)27/h2-9H,10-11H2,1H3,(H,28,29)(H,30,31). The highest BCUT2D eigenvalue weighted by atomic mass is 19.4. The number of aliphatic carboxylic acids is 1. The number of carbonyl (C=O) groups excluding carboxylic acids is 1. The number of rotatable bonds is 5. The monoisotopic (exact) mass is 445 g/mol. The van der Waals surface area contributed by atoms with Crippen LogP contribution in [-0.2, 0) is 27.4 Å². The van der Waals surface area contributed by atoms with Gasteiger partial charge in [0, 0.05) is 18.9 Å². The molecule has 4 nitrogen and oxygen atoms in total. The van der Waals surface area contributed by atoms with E-state index in [0.29, 0.717) is 0 Å². The fourth-order valence-electron chi connectivity index (χ4n) is 4.16. The average molecular weight is 445 g/mol. The van der Waals surface area contributed by atoms with Crippen LogP contribution in [0.3, 0.4) is 0 Å². The van der Waals surface area contributed by atoms with Crippen molar-refractivity contribution in [2.45, 2.75) is 30.6 Å². The molecular formula is C21H17F6NO3. The van der Waals surface area contributed by atoms with Crippen LogP contribution >= 0.6 is 0 Å². The first-order chi connectivity index (χ1) is 14.3. The van der Waals surface area contributed by atoms with Crippen molar-refractivity contribution < 1.29 is 41.0 Å². The molecule has 2 N–H and O–H groups in total. The molecule has 166 valence electrons. The summed E-state index contributed by atoms with van der Waals surface area (Å²) < 4.78 is 79.7. The van der Waals surface area contributed by atoms with E-state index in [1.807, 2.05) is 0 Å². The van der Waals surface area contributed by atoms with E-state index in [9.17, 15) is 41.0 Å². The molecule has 1 aliphatic carbocycles. The Morgan fingerprint density at radius 3 is 1.74 bits per heavy atom. The molecule has 3 rings (SSSR count). The summed E-state index contributed by atoms with van der Waals surface area (Å²) in [5.41, 5.74) is -6.01. The Bertz CT molecular complexity index is 973. The highest BCUT2D eigenvalue weighted by Gasteiger charge is 2.74. The third-order valence-electron chi connectivity index (χ3n) is 5.77. The summed E-state index contributed by atoms with van der Waals surface area (Å²) in [6, 6.07) is 7.65. The van der Waals surface area contributed by atoms with E-state index in [0.717, 1.165) is 36.4 Å². The maximum atomic E-state index is 13.3. The summed E-state index contributed by atoms with van der Waals surface area (Å²) >= 11 is 0. The second-order valence-electron chi connectivity index (χ2n) is 7.48. The van der Waals surface area contributed by atoms with E-state index in [2.05, 4.69) is 5.32 Å². The lowest BCUT2D eigenvalue weighted by Gasteiger charge is -2.25. The molecule has 1 amide bonds. The van der Waals surface area contributed by atoms with Gasteiger partial charge < -0.3 is 10.4 Å². The molecule has 10 heteroatoms. The zero-order chi connectivity index (χ0) is 23.2. The van der Waals surface area contributed by atoms with Crippen LogP contribution in [0.15, 0.2) is 48.5 Å². The van der Waals surface area contributed by atoms with E-state index in [4.69, 9.17) is 0 Å². The Morgan fingerprint density at radius 2 is 1.39 bits per heavy atom. The van der Waals surface area contributed by atoms with Crippen LogP contribution in [0.1, 0.15) is 35.1 Å². The number of hydrogen-bond donors (Lipinski definition) is 2. The molecule has 0 saturated heterocycles. The highest BCUT2D eigenvalue weighted by Crippen LogP contribution is 2.70. The molecule has 2 aromatic rings. The lowest BCUT2D eigenvalue weighted by molar-refractivity contribution is -0.146. The minimum Gasteiger partial charge on any atom is -0.481 e. The predicted octanol–water partition coefficient (Wildman–Crippen LogP) is 4.62. The van der Waals surface area contributed by atoms with Gasteiger partial charge in [0.15, 0.2) is 0 Å². The summed E-state index contributed by atoms with van der Waals surface area (Å²) in [6.07, 6.45) is -10.4. The molecule has 2 aromatic carbocycles. The molecule has 31 heavy (non-hydrogen) atoms. The Hall–Kier alpha value is -3.04. The van der Waals surface area contributed by atoms with Crippen molar-refractivity contribution in [3.05, 3.63) is 70.8 Å². The molecule has 0 spiro atoms. The smallest absolute Gasteiger partial charge is 0.416 e. The van der Waals surface area contributed by atoms with Crippen LogP contribution in [-0.4, -0.2) is 24.0 Å². The molecule has 1 fully saturated rings. The van der Waals surface area contributed by atoms with E-state index >= 15 is 0 Å². The Morgan fingerprint density at radius 1 is 0.935 bits per heavy atom. The molecule has 0 bridgehead atoms. The van der Waals surface area contributed by atoms with Crippen LogP contribution in [0.5, 0.6) is 0 Å². The van der Waals surface area contributed by atoms with Crippen molar-refractivity contribution >= 4 is 11.9 Å². The largest absolute Gasteiger partial charge is 0.481 e. The van der Waals surface area contributed by atoms with Crippen LogP contribution < -0.4 is 5.32 Å². The summed E-state index contributed by atoms with van der Waals surface area (Å²) in [5.74, 6) is -2.17. The maximum absolute atomic E-state index is 13.3. The number of carbonyl (C=O) groups is 2. The van der Waals surface area contributed by atoms with Gasteiger partial charge in [0.05, 0.1) is 16.5 Å². The predicted molar refractivity (Wildman–Crippen MR) is 97.0 cm³/mol. The molecule has 0 radical (unpaired) electrons. The van der Waals surface area contributed by atoms with Crippen molar-refractivity contribution in [3.8, 4) is 0 Å². The van der Waals surface area contributed by atoms with Gasteiger partial charge in [-0.3, -0.25) is 9.59 Å². The number of carboxylic acid groups (broad SMARTS) is 1. The van der Waals surface area contributed by atoms with Gasteiger partial charge >= 0.3 is 18.3 Å². The number of halogens is 6. The van der Waals surface area contributed by atoms with Crippen LogP contribution in [0.2, 0.25) is 0 Å². The first-order valence-electron chi connectivity index (χ1n) is 9.07. The Labute approximate surface area is 172 Å². The molecule has 1 aliphatic rings. The lowest BCUT2D eigenvalue weighted by Crippen LogP contribution is -2.33. The van der Waals surface area contributed by atoms with Crippen LogP contribution in [0.25, 0.3) is 0 Å². The third kappa shape index (κ3) is 3.75. The molecule has 0 heterocycles. The SMILES string of the molecule is CNC(=O)CC1(C(=O)O)CC1(c1cccc(C(F)(F)F)c1)c1cccc(C(F)(F)F)c1. The van der Waals surface area contributed by atoms with E-state index in [1.165, 1.54) is 19.2 Å². The molecule has 1 atom stereocenters. The van der Waals surface area contributed by atoms with Gasteiger partial charge in [-0.25, -0.2) is 0 Å². The average Bonchev–Trinajstić information content (AvgIpc) is 3.38. The Balaban J connectivity index is 2.28. The summed E-state index contributed by atoms with van der Waals surface area (Å²) in [6.45, 7) is 0. The van der Waals surface area contributed by atoms with Gasteiger partial charge in [-0.2, -0.15) is 26.3 Å². The van der Waals surface area contributed by atoms with Crippen molar-refractivity contribution in [2.24, 2.45) is 5.41 Å². The van der Waals surface area contributed by atoms with E-state index in [1.54, 1.807) is 0 Å². The van der Waals surface area contributed by atoms with Gasteiger partial charge in [0.2, 0.25) is 5.91 Å². The number of amides is 1. The quantitative estimate of drug-likeness (QED) is 0.660. The summed E-state index contributed by atoms with van der Waals surface area (Å²) in [7, 11) is 1.26. The van der Waals surface area contributed by atoms with Gasteiger partial charge in [0.1, 0.15) is 0 Å². The number of benzene rings is 2. The number of alkyl halides is 6. The Kier molecular flexibility index (Phi) is 5.32. The minimum absolute atomic E-state index is 0.118. The van der Waals surface area contributed by atoms with Crippen LogP contribution in [0.4, 0.5) is 26.3 Å². The van der Waals surface area contributed by atoms with Gasteiger partial charge in [-0.1, -0.05) is 36.4 Å². The molecular weight excluding hydrogens is 428 g/mol. The van der Waals surface area contributed by atoms with Crippen molar-refractivity contribution in [3.63, 3.8) is 0 Å². The lowest BCUT2D eigenvalue weighted by atomic mass is 9.77. The summed E-state index contributed by atoms with van der Waals surface area (Å²) in [5, 5.41) is 12.2. The number of carboxylic acids is 1. The van der Waals surface area contributed by atoms with Crippen molar-refractivity contribution in [1.82, 2.24) is 5.32 Å². The zero-order valence-electron chi connectivity index (χ0n) is 16.1. The third-order valence-corrected chi connectivity index (χ3v) is 5.77. The van der Waals surface area contributed by atoms with Crippen molar-refractivity contribution in [2.75, 3.05) is 7.05 Å². The van der Waals surface area contributed by atoms with Gasteiger partial charge in [-0.05, 0) is 29.7 Å². The van der Waals surface area contributed by atoms with E-state index in [-0.39, 0.29) is 17.5 Å². The number of hydrogen-bond acceptors (Lipinski definition) is 2. The number of nitrogens with one attached hydrogen (secondary N) is 1. The highest BCUT2D eigenvalue weighted by molar-refractivity contribution is 5.91. The molecule has 0 aromatic heterocycles. The normalized spacial score (nSPS) is 20.2. The topological polar surface area (TPSA) is 66.4 Å². The first kappa shape index (κ1) is 22.6. The van der Waals surface area contributed by atoms with E-state index < -0.39 is 52.6 Å². The molecule has 1 saturated carbocycles. The summed E-state index contributed by atoms with van der Waals surface area (Å²) in [4.78, 5) is 24.3. The van der Waals surface area contributed by atoms with Gasteiger partial charge in [0.25, 0.3) is 0 Å². The first-order valence-corrected chi connectivity index (χ1v) is 9.07. The second-order valence-corrected chi connectivity index (χ2v) is 7.48. The second kappa shape index (κ2) is 7.28. The molecule has 1 unspecified atom stereocenters. The van der Waals surface area contributed by atoms with Gasteiger partial charge in [-0.15, -0.1) is 0 Å². The minimum atomic E-state index is -4.74. The van der Waals surface area contributed by atoms with Crippen LogP contribution in [0, 0.1) is 5.41 Å².